The van der Waals surface area contributed by atoms with E-state index in [4.69, 9.17) is 16.7 Å². The molecule has 0 heterocycles. The molecule has 1 atom stereocenters. The van der Waals surface area contributed by atoms with Crippen molar-refractivity contribution in [3.05, 3.63) is 29.0 Å². The van der Waals surface area contributed by atoms with Crippen LogP contribution in [0.5, 0.6) is 0 Å². The first-order valence-electron chi connectivity index (χ1n) is 4.66. The summed E-state index contributed by atoms with van der Waals surface area (Å²) in [6.45, 7) is 1.29. The highest BCUT2D eigenvalue weighted by Crippen LogP contribution is 2.21. The smallest absolute Gasteiger partial charge is 0.325 e. The van der Waals surface area contributed by atoms with Crippen LogP contribution < -0.4 is 10.6 Å². The van der Waals surface area contributed by atoms with Gasteiger partial charge in [0.15, 0.2) is 5.82 Å². The quantitative estimate of drug-likeness (QED) is 0.778. The van der Waals surface area contributed by atoms with Crippen LogP contribution in [0.3, 0.4) is 0 Å². The molecule has 0 radical (unpaired) electrons. The number of carboxylic acid groups (broad SMARTS) is 1. The van der Waals surface area contributed by atoms with Gasteiger partial charge in [-0.3, -0.25) is 4.79 Å². The standard InChI is InChI=1S/C10H10ClFN2O3/c1-5(9(15)16)13-10(17)14-7-4-2-3-6(11)8(7)12/h2-5H,1H3,(H,15,16)(H2,13,14,17)/t5-/m1/s1. The van der Waals surface area contributed by atoms with E-state index in [1.165, 1.54) is 25.1 Å². The molecule has 0 fully saturated rings. The Balaban J connectivity index is 2.69. The number of hydrogen-bond donors (Lipinski definition) is 3. The lowest BCUT2D eigenvalue weighted by Crippen LogP contribution is -2.41. The van der Waals surface area contributed by atoms with Gasteiger partial charge in [-0.1, -0.05) is 17.7 Å². The molecule has 5 nitrogen and oxygen atoms in total. The number of hydrogen-bond acceptors (Lipinski definition) is 2. The fraction of sp³-hybridized carbons (Fsp3) is 0.200. The average molecular weight is 261 g/mol. The number of carbonyl (C=O) groups is 2. The van der Waals surface area contributed by atoms with E-state index in [2.05, 4.69) is 10.6 Å². The van der Waals surface area contributed by atoms with Gasteiger partial charge in [0.25, 0.3) is 0 Å². The van der Waals surface area contributed by atoms with E-state index in [-0.39, 0.29) is 10.7 Å². The molecule has 7 heteroatoms. The van der Waals surface area contributed by atoms with Crippen molar-refractivity contribution in [1.82, 2.24) is 5.32 Å². The van der Waals surface area contributed by atoms with Crippen molar-refractivity contribution in [2.75, 3.05) is 5.32 Å². The molecule has 1 rings (SSSR count). The lowest BCUT2D eigenvalue weighted by Gasteiger charge is -2.11. The third-order valence-electron chi connectivity index (χ3n) is 1.92. The van der Waals surface area contributed by atoms with E-state index in [9.17, 15) is 14.0 Å². The summed E-state index contributed by atoms with van der Waals surface area (Å²) in [6.07, 6.45) is 0. The topological polar surface area (TPSA) is 78.4 Å². The van der Waals surface area contributed by atoms with Crippen LogP contribution in [0.1, 0.15) is 6.92 Å². The summed E-state index contributed by atoms with van der Waals surface area (Å²) in [5.74, 6) is -1.96. The van der Waals surface area contributed by atoms with Crippen LogP contribution >= 0.6 is 11.6 Å². The van der Waals surface area contributed by atoms with Crippen molar-refractivity contribution in [2.45, 2.75) is 13.0 Å². The van der Waals surface area contributed by atoms with E-state index in [0.29, 0.717) is 0 Å². The molecule has 0 aliphatic carbocycles. The molecule has 3 N–H and O–H groups in total. The second kappa shape index (κ2) is 5.49. The fourth-order valence-electron chi connectivity index (χ4n) is 1.02. The number of halogens is 2. The lowest BCUT2D eigenvalue weighted by atomic mass is 10.3. The largest absolute Gasteiger partial charge is 0.480 e. The van der Waals surface area contributed by atoms with Gasteiger partial charge in [0.2, 0.25) is 0 Å². The van der Waals surface area contributed by atoms with Crippen LogP contribution in [-0.2, 0) is 4.79 Å². The Morgan fingerprint density at radius 3 is 2.71 bits per heavy atom. The summed E-state index contributed by atoms with van der Waals surface area (Å²) in [5.41, 5.74) is -0.118. The molecule has 0 aliphatic rings. The molecule has 0 aliphatic heterocycles. The summed E-state index contributed by atoms with van der Waals surface area (Å²) in [5, 5.41) is 12.7. The molecular weight excluding hydrogens is 251 g/mol. The number of carboxylic acids is 1. The van der Waals surface area contributed by atoms with Crippen molar-refractivity contribution >= 4 is 29.3 Å². The molecular formula is C10H10ClFN2O3. The second-order valence-electron chi connectivity index (χ2n) is 3.26. The first-order valence-corrected chi connectivity index (χ1v) is 5.04. The van der Waals surface area contributed by atoms with Gasteiger partial charge < -0.3 is 15.7 Å². The summed E-state index contributed by atoms with van der Waals surface area (Å²) in [4.78, 5) is 21.8. The van der Waals surface area contributed by atoms with Crippen molar-refractivity contribution in [3.8, 4) is 0 Å². The zero-order valence-electron chi connectivity index (χ0n) is 8.83. The van der Waals surface area contributed by atoms with Crippen molar-refractivity contribution in [2.24, 2.45) is 0 Å². The maximum atomic E-state index is 13.4. The second-order valence-corrected chi connectivity index (χ2v) is 3.67. The Morgan fingerprint density at radius 2 is 2.12 bits per heavy atom. The van der Waals surface area contributed by atoms with Gasteiger partial charge in [0.1, 0.15) is 6.04 Å². The number of anilines is 1. The van der Waals surface area contributed by atoms with Gasteiger partial charge in [-0.05, 0) is 19.1 Å². The zero-order chi connectivity index (χ0) is 13.0. The molecule has 92 valence electrons. The number of amides is 2. The number of urea groups is 1. The highest BCUT2D eigenvalue weighted by Gasteiger charge is 2.15. The van der Waals surface area contributed by atoms with Gasteiger partial charge in [-0.15, -0.1) is 0 Å². The Morgan fingerprint density at radius 1 is 1.47 bits per heavy atom. The SMILES string of the molecule is C[C@@H](NC(=O)Nc1cccc(Cl)c1F)C(=O)O. The van der Waals surface area contributed by atoms with Gasteiger partial charge >= 0.3 is 12.0 Å². The van der Waals surface area contributed by atoms with Gasteiger partial charge in [0.05, 0.1) is 10.7 Å². The Labute approximate surface area is 102 Å². The summed E-state index contributed by atoms with van der Waals surface area (Å²) in [6, 6.07) is 2.21. The summed E-state index contributed by atoms with van der Waals surface area (Å²) in [7, 11) is 0. The third-order valence-corrected chi connectivity index (χ3v) is 2.21. The Kier molecular flexibility index (Phi) is 4.28. The number of aliphatic carboxylic acids is 1. The van der Waals surface area contributed by atoms with Crippen molar-refractivity contribution in [1.29, 1.82) is 0 Å². The highest BCUT2D eigenvalue weighted by atomic mass is 35.5. The van der Waals surface area contributed by atoms with E-state index in [0.717, 1.165) is 0 Å². The van der Waals surface area contributed by atoms with Crippen LogP contribution in [0.2, 0.25) is 5.02 Å². The first kappa shape index (κ1) is 13.2. The molecule has 0 saturated heterocycles. The Bertz CT molecular complexity index is 453. The van der Waals surface area contributed by atoms with Gasteiger partial charge in [0, 0.05) is 0 Å². The monoisotopic (exact) mass is 260 g/mol. The molecule has 0 spiro atoms. The molecule has 0 bridgehead atoms. The number of rotatable bonds is 3. The molecule has 1 aromatic rings. The molecule has 17 heavy (non-hydrogen) atoms. The fourth-order valence-corrected chi connectivity index (χ4v) is 1.19. The molecule has 2 amide bonds. The van der Waals surface area contributed by atoms with Crippen molar-refractivity contribution in [3.63, 3.8) is 0 Å². The third kappa shape index (κ3) is 3.60. The summed E-state index contributed by atoms with van der Waals surface area (Å²) < 4.78 is 13.4. The maximum absolute atomic E-state index is 13.4. The predicted octanol–water partition coefficient (Wildman–Crippen LogP) is 2.07. The molecule has 0 aromatic heterocycles. The summed E-state index contributed by atoms with van der Waals surface area (Å²) >= 11 is 5.51. The average Bonchev–Trinajstić information content (AvgIpc) is 2.24. The van der Waals surface area contributed by atoms with E-state index in [1.807, 2.05) is 0 Å². The molecule has 1 aromatic carbocycles. The minimum atomic E-state index is -1.19. The van der Waals surface area contributed by atoms with Gasteiger partial charge in [-0.25, -0.2) is 9.18 Å². The molecule has 0 saturated carbocycles. The number of nitrogens with one attached hydrogen (secondary N) is 2. The maximum Gasteiger partial charge on any atom is 0.325 e. The Hall–Kier alpha value is -1.82. The van der Waals surface area contributed by atoms with E-state index in [1.54, 1.807) is 0 Å². The molecule has 0 unspecified atom stereocenters. The van der Waals surface area contributed by atoms with E-state index < -0.39 is 23.9 Å². The van der Waals surface area contributed by atoms with Crippen molar-refractivity contribution < 1.29 is 19.1 Å². The highest BCUT2D eigenvalue weighted by molar-refractivity contribution is 6.31. The van der Waals surface area contributed by atoms with E-state index >= 15 is 0 Å². The first-order chi connectivity index (χ1) is 7.91. The minimum Gasteiger partial charge on any atom is -0.480 e. The lowest BCUT2D eigenvalue weighted by molar-refractivity contribution is -0.138. The van der Waals surface area contributed by atoms with Crippen LogP contribution in [0, 0.1) is 5.82 Å². The van der Waals surface area contributed by atoms with Crippen LogP contribution in [0.25, 0.3) is 0 Å². The van der Waals surface area contributed by atoms with Crippen LogP contribution in [0.15, 0.2) is 18.2 Å². The van der Waals surface area contributed by atoms with Crippen LogP contribution in [0.4, 0.5) is 14.9 Å². The zero-order valence-corrected chi connectivity index (χ0v) is 9.58. The normalized spacial score (nSPS) is 11.7. The minimum absolute atomic E-state index is 0.118. The predicted molar refractivity (Wildman–Crippen MR) is 60.7 cm³/mol. The number of benzene rings is 1. The van der Waals surface area contributed by atoms with Gasteiger partial charge in [-0.2, -0.15) is 0 Å². The van der Waals surface area contributed by atoms with Crippen LogP contribution in [-0.4, -0.2) is 23.1 Å². The number of carbonyl (C=O) groups excluding carboxylic acids is 1.